The number of carbonyl (C=O) groups excluding carboxylic acids is 1. The molecule has 0 atom stereocenters. The van der Waals surface area contributed by atoms with Crippen molar-refractivity contribution in [3.63, 3.8) is 0 Å². The minimum absolute atomic E-state index is 0. The van der Waals surface area contributed by atoms with Gasteiger partial charge in [-0.15, -0.1) is 24.0 Å². The lowest BCUT2D eigenvalue weighted by Crippen LogP contribution is -2.44. The van der Waals surface area contributed by atoms with Crippen molar-refractivity contribution in [1.29, 1.82) is 0 Å². The number of nitrogens with zero attached hydrogens (tertiary/aromatic N) is 2. The Kier molecular flexibility index (Phi) is 12.3. The van der Waals surface area contributed by atoms with Gasteiger partial charge in [0.25, 0.3) is 5.91 Å². The standard InChI is InChI=1S/C23H38N4O2.HI/c1-5-29-16-14-23(12-6-7-13-23)18-26-22(24-2)25-15-11-19-9-8-10-20(17-19)21(28)27(3)4;/h8-10,17H,5-7,11-16,18H2,1-4H3,(H2,24,25,26);1H. The molecule has 6 nitrogen and oxygen atoms in total. The molecule has 1 aliphatic carbocycles. The average Bonchev–Trinajstić information content (AvgIpc) is 3.19. The van der Waals surface area contributed by atoms with Gasteiger partial charge in [-0.3, -0.25) is 9.79 Å². The Bertz CT molecular complexity index is 673. The molecular formula is C23H39IN4O2. The molecule has 2 rings (SSSR count). The summed E-state index contributed by atoms with van der Waals surface area (Å²) in [4.78, 5) is 18.1. The number of aliphatic imine (C=N–C) groups is 1. The molecule has 0 unspecified atom stereocenters. The fraction of sp³-hybridized carbons (Fsp3) is 0.652. The third kappa shape index (κ3) is 8.41. The molecule has 0 spiro atoms. The number of hydrogen-bond donors (Lipinski definition) is 2. The highest BCUT2D eigenvalue weighted by Crippen LogP contribution is 2.40. The first-order valence-electron chi connectivity index (χ1n) is 10.8. The maximum absolute atomic E-state index is 12.1. The van der Waals surface area contributed by atoms with Crippen LogP contribution in [0, 0.1) is 5.41 Å². The van der Waals surface area contributed by atoms with Crippen LogP contribution in [0.5, 0.6) is 0 Å². The number of rotatable bonds is 10. The normalized spacial score (nSPS) is 15.4. The highest BCUT2D eigenvalue weighted by Gasteiger charge is 2.33. The van der Waals surface area contributed by atoms with Gasteiger partial charge < -0.3 is 20.3 Å². The van der Waals surface area contributed by atoms with Crippen LogP contribution in [0.25, 0.3) is 0 Å². The molecule has 0 saturated heterocycles. The highest BCUT2D eigenvalue weighted by atomic mass is 127. The lowest BCUT2D eigenvalue weighted by atomic mass is 9.83. The van der Waals surface area contributed by atoms with Crippen molar-refractivity contribution >= 4 is 35.8 Å². The van der Waals surface area contributed by atoms with Crippen LogP contribution in [-0.4, -0.2) is 64.2 Å². The molecule has 0 bridgehead atoms. The van der Waals surface area contributed by atoms with Gasteiger partial charge in [0.05, 0.1) is 0 Å². The van der Waals surface area contributed by atoms with E-state index in [1.54, 1.807) is 19.0 Å². The van der Waals surface area contributed by atoms with E-state index < -0.39 is 0 Å². The molecular weight excluding hydrogens is 491 g/mol. The van der Waals surface area contributed by atoms with Gasteiger partial charge in [0.2, 0.25) is 0 Å². The zero-order chi connectivity index (χ0) is 21.1. The third-order valence-corrected chi connectivity index (χ3v) is 5.79. The Morgan fingerprint density at radius 2 is 1.97 bits per heavy atom. The zero-order valence-corrected chi connectivity index (χ0v) is 21.3. The van der Waals surface area contributed by atoms with Crippen molar-refractivity contribution in [2.45, 2.75) is 45.4 Å². The van der Waals surface area contributed by atoms with Gasteiger partial charge >= 0.3 is 0 Å². The van der Waals surface area contributed by atoms with E-state index in [0.29, 0.717) is 5.41 Å². The molecule has 1 aliphatic rings. The number of nitrogens with one attached hydrogen (secondary N) is 2. The Balaban J connectivity index is 0.00000450. The van der Waals surface area contributed by atoms with Crippen LogP contribution in [0.2, 0.25) is 0 Å². The summed E-state index contributed by atoms with van der Waals surface area (Å²) in [6, 6.07) is 7.84. The summed E-state index contributed by atoms with van der Waals surface area (Å²) in [6.07, 6.45) is 7.08. The molecule has 2 N–H and O–H groups in total. The Hall–Kier alpha value is -1.35. The monoisotopic (exact) mass is 530 g/mol. The summed E-state index contributed by atoms with van der Waals surface area (Å²) >= 11 is 0. The predicted octanol–water partition coefficient (Wildman–Crippen LogP) is 3.70. The van der Waals surface area contributed by atoms with Crippen molar-refractivity contribution in [2.24, 2.45) is 10.4 Å². The van der Waals surface area contributed by atoms with Crippen LogP contribution in [0.3, 0.4) is 0 Å². The summed E-state index contributed by atoms with van der Waals surface area (Å²) in [5, 5.41) is 6.94. The second-order valence-corrected chi connectivity index (χ2v) is 8.16. The summed E-state index contributed by atoms with van der Waals surface area (Å²) in [7, 11) is 5.36. The van der Waals surface area contributed by atoms with Crippen LogP contribution in [0.4, 0.5) is 0 Å². The second-order valence-electron chi connectivity index (χ2n) is 8.16. The summed E-state index contributed by atoms with van der Waals surface area (Å²) in [5.74, 6) is 0.874. The third-order valence-electron chi connectivity index (χ3n) is 5.79. The van der Waals surface area contributed by atoms with E-state index in [2.05, 4.69) is 28.6 Å². The van der Waals surface area contributed by atoms with Gasteiger partial charge in [-0.2, -0.15) is 0 Å². The van der Waals surface area contributed by atoms with Gasteiger partial charge in [-0.25, -0.2) is 0 Å². The predicted molar refractivity (Wildman–Crippen MR) is 135 cm³/mol. The van der Waals surface area contributed by atoms with Crippen LogP contribution in [-0.2, 0) is 11.2 Å². The highest BCUT2D eigenvalue weighted by molar-refractivity contribution is 14.0. The molecule has 1 aromatic carbocycles. The average molecular weight is 530 g/mol. The quantitative estimate of drug-likeness (QED) is 0.210. The Morgan fingerprint density at radius 3 is 2.60 bits per heavy atom. The van der Waals surface area contributed by atoms with E-state index in [9.17, 15) is 4.79 Å². The Morgan fingerprint density at radius 1 is 1.23 bits per heavy atom. The molecule has 170 valence electrons. The molecule has 30 heavy (non-hydrogen) atoms. The molecule has 0 radical (unpaired) electrons. The summed E-state index contributed by atoms with van der Waals surface area (Å²) in [5.41, 5.74) is 2.20. The SMILES string of the molecule is CCOCCC1(CNC(=NC)NCCc2cccc(C(=O)N(C)C)c2)CCCC1.I. The number of guanidine groups is 1. The van der Waals surface area contributed by atoms with Crippen molar-refractivity contribution in [3.05, 3.63) is 35.4 Å². The van der Waals surface area contributed by atoms with E-state index in [4.69, 9.17) is 4.74 Å². The molecule has 0 aliphatic heterocycles. The van der Waals surface area contributed by atoms with Crippen LogP contribution >= 0.6 is 24.0 Å². The number of halogens is 1. The van der Waals surface area contributed by atoms with Crippen LogP contribution in [0.1, 0.15) is 54.9 Å². The molecule has 1 amide bonds. The smallest absolute Gasteiger partial charge is 0.253 e. The van der Waals surface area contributed by atoms with Crippen molar-refractivity contribution < 1.29 is 9.53 Å². The first-order valence-corrected chi connectivity index (χ1v) is 10.8. The molecule has 0 heterocycles. The molecule has 0 aromatic heterocycles. The number of carbonyl (C=O) groups is 1. The van der Waals surface area contributed by atoms with Gasteiger partial charge in [0.15, 0.2) is 5.96 Å². The van der Waals surface area contributed by atoms with Gasteiger partial charge in [0, 0.05) is 53.0 Å². The van der Waals surface area contributed by atoms with E-state index in [-0.39, 0.29) is 29.9 Å². The van der Waals surface area contributed by atoms with E-state index >= 15 is 0 Å². The topological polar surface area (TPSA) is 66.0 Å². The maximum atomic E-state index is 12.1. The van der Waals surface area contributed by atoms with E-state index in [0.717, 1.165) is 56.2 Å². The van der Waals surface area contributed by atoms with Crippen LogP contribution in [0.15, 0.2) is 29.3 Å². The second kappa shape index (κ2) is 13.9. The van der Waals surface area contributed by atoms with Crippen molar-refractivity contribution in [1.82, 2.24) is 15.5 Å². The molecule has 7 heteroatoms. The maximum Gasteiger partial charge on any atom is 0.253 e. The lowest BCUT2D eigenvalue weighted by molar-refractivity contribution is 0.0827. The van der Waals surface area contributed by atoms with Gasteiger partial charge in [-0.05, 0) is 55.7 Å². The first-order chi connectivity index (χ1) is 14.0. The van der Waals surface area contributed by atoms with Gasteiger partial charge in [0.1, 0.15) is 0 Å². The lowest BCUT2D eigenvalue weighted by Gasteiger charge is -2.30. The summed E-state index contributed by atoms with van der Waals surface area (Å²) in [6.45, 7) is 5.38. The van der Waals surface area contributed by atoms with Crippen molar-refractivity contribution in [2.75, 3.05) is 47.4 Å². The van der Waals surface area contributed by atoms with E-state index in [1.807, 2.05) is 25.2 Å². The fourth-order valence-corrected chi connectivity index (χ4v) is 4.01. The summed E-state index contributed by atoms with van der Waals surface area (Å²) < 4.78 is 5.61. The largest absolute Gasteiger partial charge is 0.382 e. The van der Waals surface area contributed by atoms with Gasteiger partial charge in [-0.1, -0.05) is 25.0 Å². The zero-order valence-electron chi connectivity index (χ0n) is 19.0. The van der Waals surface area contributed by atoms with Crippen LogP contribution < -0.4 is 10.6 Å². The minimum Gasteiger partial charge on any atom is -0.382 e. The Labute approximate surface area is 199 Å². The van der Waals surface area contributed by atoms with E-state index in [1.165, 1.54) is 25.7 Å². The van der Waals surface area contributed by atoms with Crippen molar-refractivity contribution in [3.8, 4) is 0 Å². The first kappa shape index (κ1) is 26.7. The minimum atomic E-state index is 0. The number of benzene rings is 1. The molecule has 1 aromatic rings. The number of hydrogen-bond acceptors (Lipinski definition) is 3. The number of amides is 1. The molecule has 1 saturated carbocycles. The molecule has 1 fully saturated rings. The fourth-order valence-electron chi connectivity index (χ4n) is 4.01. The number of ether oxygens (including phenoxy) is 1.